The largest absolute Gasteiger partial charge is 0.494 e. The van der Waals surface area contributed by atoms with E-state index in [1.54, 1.807) is 4.68 Å². The minimum atomic E-state index is -0.336. The zero-order chi connectivity index (χ0) is 12.7. The van der Waals surface area contributed by atoms with E-state index in [0.29, 0.717) is 10.9 Å². The Morgan fingerprint density at radius 2 is 2.00 bits per heavy atom. The highest BCUT2D eigenvalue weighted by Crippen LogP contribution is 2.21. The van der Waals surface area contributed by atoms with Crippen molar-refractivity contribution in [2.75, 3.05) is 0 Å². The second-order valence-electron chi connectivity index (χ2n) is 3.78. The molecule has 1 aromatic carbocycles. The molecular formula is C12H8IN3O2. The molecule has 90 valence electrons. The second-order valence-corrected chi connectivity index (χ2v) is 4.80. The Labute approximate surface area is 115 Å². The number of hydrogen-bond donors (Lipinski definition) is 2. The molecule has 2 heterocycles. The summed E-state index contributed by atoms with van der Waals surface area (Å²) in [6.07, 6.45) is 0. The molecule has 3 aromatic rings. The number of benzene rings is 1. The van der Waals surface area contributed by atoms with Gasteiger partial charge in [-0.05, 0) is 34.7 Å². The summed E-state index contributed by atoms with van der Waals surface area (Å²) in [5.74, 6) is -0.179. The predicted molar refractivity (Wildman–Crippen MR) is 76.1 cm³/mol. The number of aromatic amines is 1. The van der Waals surface area contributed by atoms with Crippen LogP contribution in [0.25, 0.3) is 16.6 Å². The Morgan fingerprint density at radius 3 is 2.72 bits per heavy atom. The summed E-state index contributed by atoms with van der Waals surface area (Å²) in [6.45, 7) is 0. The average Bonchev–Trinajstić information content (AvgIpc) is 2.67. The van der Waals surface area contributed by atoms with Crippen LogP contribution in [0.15, 0.2) is 41.2 Å². The normalized spacial score (nSPS) is 10.9. The van der Waals surface area contributed by atoms with Crippen LogP contribution in [0.1, 0.15) is 0 Å². The predicted octanol–water partition coefficient (Wildman–Crippen LogP) is 2.02. The third-order valence-electron chi connectivity index (χ3n) is 2.60. The molecule has 0 amide bonds. The van der Waals surface area contributed by atoms with Crippen LogP contribution in [0.3, 0.4) is 0 Å². The first-order valence-electron chi connectivity index (χ1n) is 5.23. The zero-order valence-corrected chi connectivity index (χ0v) is 11.2. The highest BCUT2D eigenvalue weighted by molar-refractivity contribution is 14.1. The molecule has 18 heavy (non-hydrogen) atoms. The standard InChI is InChI=1S/C12H8IN3O2/c13-11-10-8(6-9(17)14-12(10)18)15-16(11)7-4-2-1-3-5-7/h1-6,17H,(H,14,18). The third kappa shape index (κ3) is 1.69. The number of hydrogen-bond acceptors (Lipinski definition) is 3. The number of halogens is 1. The quantitative estimate of drug-likeness (QED) is 0.658. The fraction of sp³-hybridized carbons (Fsp3) is 0. The van der Waals surface area contributed by atoms with Gasteiger partial charge in [0.15, 0.2) is 5.88 Å². The summed E-state index contributed by atoms with van der Waals surface area (Å²) in [5.41, 5.74) is 1.01. The van der Waals surface area contributed by atoms with Crippen molar-refractivity contribution in [3.63, 3.8) is 0 Å². The number of rotatable bonds is 1. The first-order chi connectivity index (χ1) is 8.66. The first kappa shape index (κ1) is 11.3. The lowest BCUT2D eigenvalue weighted by atomic mass is 10.3. The minimum absolute atomic E-state index is 0.179. The van der Waals surface area contributed by atoms with Gasteiger partial charge in [0.25, 0.3) is 5.56 Å². The molecule has 0 atom stereocenters. The Hall–Kier alpha value is -1.83. The van der Waals surface area contributed by atoms with E-state index in [4.69, 9.17) is 0 Å². The van der Waals surface area contributed by atoms with Crippen molar-refractivity contribution in [1.29, 1.82) is 0 Å². The molecule has 0 aliphatic carbocycles. The number of aromatic hydroxyl groups is 1. The van der Waals surface area contributed by atoms with Gasteiger partial charge in [0.05, 0.1) is 11.1 Å². The van der Waals surface area contributed by atoms with E-state index in [1.807, 2.05) is 30.3 Å². The fourth-order valence-electron chi connectivity index (χ4n) is 1.81. The molecule has 0 saturated heterocycles. The summed E-state index contributed by atoms with van der Waals surface area (Å²) in [5, 5.41) is 14.2. The van der Waals surface area contributed by atoms with Crippen LogP contribution in [0, 0.1) is 3.70 Å². The maximum Gasteiger partial charge on any atom is 0.262 e. The lowest BCUT2D eigenvalue weighted by molar-refractivity contribution is 0.453. The molecule has 0 unspecified atom stereocenters. The number of para-hydroxylation sites is 1. The van der Waals surface area contributed by atoms with Crippen LogP contribution in [0.2, 0.25) is 0 Å². The van der Waals surface area contributed by atoms with Gasteiger partial charge in [0, 0.05) is 6.07 Å². The highest BCUT2D eigenvalue weighted by Gasteiger charge is 2.14. The van der Waals surface area contributed by atoms with Gasteiger partial charge in [-0.15, -0.1) is 0 Å². The number of fused-ring (bicyclic) bond motifs is 1. The van der Waals surface area contributed by atoms with Crippen LogP contribution in [-0.2, 0) is 0 Å². The van der Waals surface area contributed by atoms with Gasteiger partial charge in [-0.1, -0.05) is 18.2 Å². The molecule has 2 aromatic heterocycles. The molecule has 0 aliphatic rings. The second kappa shape index (κ2) is 4.13. The van der Waals surface area contributed by atoms with E-state index < -0.39 is 0 Å². The summed E-state index contributed by atoms with van der Waals surface area (Å²) >= 11 is 2.07. The molecular weight excluding hydrogens is 345 g/mol. The Bertz CT molecular complexity index is 777. The van der Waals surface area contributed by atoms with Crippen molar-refractivity contribution in [2.45, 2.75) is 0 Å². The average molecular weight is 353 g/mol. The van der Waals surface area contributed by atoms with Gasteiger partial charge in [0.1, 0.15) is 9.22 Å². The van der Waals surface area contributed by atoms with E-state index in [0.717, 1.165) is 9.39 Å². The summed E-state index contributed by atoms with van der Waals surface area (Å²) < 4.78 is 2.40. The SMILES string of the molecule is O=c1[nH]c(O)cc2nn(-c3ccccc3)c(I)c12. The van der Waals surface area contributed by atoms with Gasteiger partial charge in [-0.2, -0.15) is 5.10 Å². The van der Waals surface area contributed by atoms with Crippen molar-refractivity contribution >= 4 is 33.5 Å². The Balaban J connectivity index is 2.37. The maximum absolute atomic E-state index is 11.8. The molecule has 6 heteroatoms. The monoisotopic (exact) mass is 353 g/mol. The summed E-state index contributed by atoms with van der Waals surface area (Å²) in [7, 11) is 0. The van der Waals surface area contributed by atoms with Crippen molar-refractivity contribution < 1.29 is 5.11 Å². The third-order valence-corrected chi connectivity index (χ3v) is 3.60. The van der Waals surface area contributed by atoms with E-state index in [-0.39, 0.29) is 11.4 Å². The van der Waals surface area contributed by atoms with Gasteiger partial charge in [-0.25, -0.2) is 4.68 Å². The first-order valence-corrected chi connectivity index (χ1v) is 6.30. The van der Waals surface area contributed by atoms with Gasteiger partial charge < -0.3 is 5.11 Å². The highest BCUT2D eigenvalue weighted by atomic mass is 127. The van der Waals surface area contributed by atoms with Gasteiger partial charge >= 0.3 is 0 Å². The van der Waals surface area contributed by atoms with Crippen LogP contribution >= 0.6 is 22.6 Å². The minimum Gasteiger partial charge on any atom is -0.494 e. The lowest BCUT2D eigenvalue weighted by Crippen LogP contribution is -2.05. The number of nitrogens with zero attached hydrogens (tertiary/aromatic N) is 2. The smallest absolute Gasteiger partial charge is 0.262 e. The summed E-state index contributed by atoms with van der Waals surface area (Å²) in [6, 6.07) is 11.0. The number of nitrogens with one attached hydrogen (secondary N) is 1. The molecule has 0 spiro atoms. The van der Waals surface area contributed by atoms with E-state index >= 15 is 0 Å². The van der Waals surface area contributed by atoms with E-state index in [2.05, 4.69) is 32.7 Å². The fourth-order valence-corrected chi connectivity index (χ4v) is 2.72. The lowest BCUT2D eigenvalue weighted by Gasteiger charge is -2.01. The van der Waals surface area contributed by atoms with Crippen molar-refractivity contribution in [3.8, 4) is 11.6 Å². The van der Waals surface area contributed by atoms with Crippen LogP contribution < -0.4 is 5.56 Å². The number of H-pyrrole nitrogens is 1. The van der Waals surface area contributed by atoms with Crippen LogP contribution in [0.4, 0.5) is 0 Å². The molecule has 0 saturated carbocycles. The van der Waals surface area contributed by atoms with Crippen molar-refractivity contribution in [2.24, 2.45) is 0 Å². The Kier molecular flexibility index (Phi) is 2.58. The van der Waals surface area contributed by atoms with Gasteiger partial charge in [-0.3, -0.25) is 9.78 Å². The van der Waals surface area contributed by atoms with Crippen molar-refractivity contribution in [1.82, 2.24) is 14.8 Å². The van der Waals surface area contributed by atoms with Crippen molar-refractivity contribution in [3.05, 3.63) is 50.5 Å². The molecule has 0 radical (unpaired) electrons. The number of pyridine rings is 1. The molecule has 5 nitrogen and oxygen atoms in total. The van der Waals surface area contributed by atoms with Crippen LogP contribution in [-0.4, -0.2) is 19.9 Å². The maximum atomic E-state index is 11.8. The molecule has 3 rings (SSSR count). The Morgan fingerprint density at radius 1 is 1.28 bits per heavy atom. The molecule has 2 N–H and O–H groups in total. The molecule has 0 fully saturated rings. The zero-order valence-electron chi connectivity index (χ0n) is 9.09. The molecule has 0 aliphatic heterocycles. The number of aromatic nitrogens is 3. The van der Waals surface area contributed by atoms with Crippen LogP contribution in [0.5, 0.6) is 5.88 Å². The van der Waals surface area contributed by atoms with E-state index in [9.17, 15) is 9.90 Å². The summed E-state index contributed by atoms with van der Waals surface area (Å²) in [4.78, 5) is 14.2. The van der Waals surface area contributed by atoms with Gasteiger partial charge in [0.2, 0.25) is 0 Å². The van der Waals surface area contributed by atoms with E-state index in [1.165, 1.54) is 6.07 Å². The topological polar surface area (TPSA) is 70.9 Å². The molecule has 0 bridgehead atoms.